The van der Waals surface area contributed by atoms with Crippen LogP contribution < -0.4 is 0 Å². The van der Waals surface area contributed by atoms with Gasteiger partial charge in [-0.3, -0.25) is 14.6 Å². The Bertz CT molecular complexity index is 384. The van der Waals surface area contributed by atoms with Gasteiger partial charge in [0, 0.05) is 13.6 Å². The van der Waals surface area contributed by atoms with Crippen LogP contribution in [0.15, 0.2) is 0 Å². The fourth-order valence-electron chi connectivity index (χ4n) is 2.35. The summed E-state index contributed by atoms with van der Waals surface area (Å²) in [6.45, 7) is 2.45. The van der Waals surface area contributed by atoms with Crippen molar-refractivity contribution in [1.29, 1.82) is 0 Å². The van der Waals surface area contributed by atoms with Gasteiger partial charge in [-0.15, -0.1) is 0 Å². The fourth-order valence-corrected chi connectivity index (χ4v) is 2.35. The highest BCUT2D eigenvalue weighted by Crippen LogP contribution is 2.26. The van der Waals surface area contributed by atoms with Crippen LogP contribution in [-0.4, -0.2) is 65.6 Å². The highest BCUT2D eigenvalue weighted by Gasteiger charge is 2.44. The number of ether oxygens (including phenoxy) is 1. The number of esters is 1. The molecule has 2 saturated heterocycles. The summed E-state index contributed by atoms with van der Waals surface area (Å²) in [5.41, 5.74) is 0. The van der Waals surface area contributed by atoms with Crippen molar-refractivity contribution in [2.75, 3.05) is 26.7 Å². The van der Waals surface area contributed by atoms with E-state index < -0.39 is 5.97 Å². The lowest BCUT2D eigenvalue weighted by Gasteiger charge is -2.38. The van der Waals surface area contributed by atoms with E-state index >= 15 is 0 Å². The fraction of sp³-hybridized carbons (Fsp3) is 0.727. The Kier molecular flexibility index (Phi) is 3.40. The minimum atomic E-state index is -0.419. The molecule has 2 aliphatic rings. The zero-order valence-electron chi connectivity index (χ0n) is 10.6. The molecular weight excluding hydrogens is 238 g/mol. The summed E-state index contributed by atoms with van der Waals surface area (Å²) in [7, 11) is 1.58. The van der Waals surface area contributed by atoms with Crippen LogP contribution in [0.4, 0.5) is 4.79 Å². The molecule has 2 aliphatic heterocycles. The molecule has 7 nitrogen and oxygen atoms in total. The number of fused-ring (bicyclic) bond motifs is 1. The molecule has 7 heteroatoms. The van der Waals surface area contributed by atoms with Crippen LogP contribution >= 0.6 is 0 Å². The van der Waals surface area contributed by atoms with Gasteiger partial charge in [-0.25, -0.2) is 9.80 Å². The van der Waals surface area contributed by atoms with Gasteiger partial charge in [0.1, 0.15) is 6.54 Å². The lowest BCUT2D eigenvalue weighted by atomic mass is 10.1. The van der Waals surface area contributed by atoms with Gasteiger partial charge in [0.25, 0.3) is 0 Å². The normalized spacial score (nSPS) is 23.4. The average Bonchev–Trinajstić information content (AvgIpc) is 2.60. The van der Waals surface area contributed by atoms with Gasteiger partial charge in [-0.2, -0.15) is 0 Å². The van der Waals surface area contributed by atoms with Crippen molar-refractivity contribution in [3.63, 3.8) is 0 Å². The van der Waals surface area contributed by atoms with Crippen LogP contribution in [0.2, 0.25) is 0 Å². The van der Waals surface area contributed by atoms with Gasteiger partial charge in [-0.05, 0) is 13.3 Å². The topological polar surface area (TPSA) is 70.2 Å². The molecule has 0 aliphatic carbocycles. The predicted molar refractivity (Wildman–Crippen MR) is 61.2 cm³/mol. The van der Waals surface area contributed by atoms with Crippen molar-refractivity contribution < 1.29 is 19.1 Å². The van der Waals surface area contributed by atoms with Gasteiger partial charge in [-0.1, -0.05) is 0 Å². The first-order valence-electron chi connectivity index (χ1n) is 6.04. The summed E-state index contributed by atoms with van der Waals surface area (Å²) >= 11 is 0. The Balaban J connectivity index is 2.02. The highest BCUT2D eigenvalue weighted by molar-refractivity contribution is 5.87. The summed E-state index contributed by atoms with van der Waals surface area (Å²) in [5.74, 6) is -0.483. The largest absolute Gasteiger partial charge is 0.465 e. The summed E-state index contributed by atoms with van der Waals surface area (Å²) in [5, 5.41) is 2.77. The lowest BCUT2D eigenvalue weighted by Crippen LogP contribution is -2.56. The molecule has 0 saturated carbocycles. The Morgan fingerprint density at radius 2 is 2.17 bits per heavy atom. The monoisotopic (exact) mass is 255 g/mol. The highest BCUT2D eigenvalue weighted by atomic mass is 16.5. The van der Waals surface area contributed by atoms with Gasteiger partial charge in [0.05, 0.1) is 19.1 Å². The molecule has 2 heterocycles. The third kappa shape index (κ3) is 2.12. The van der Waals surface area contributed by atoms with E-state index in [4.69, 9.17) is 4.74 Å². The minimum Gasteiger partial charge on any atom is -0.465 e. The average molecular weight is 255 g/mol. The molecule has 0 bridgehead atoms. The second-order valence-corrected chi connectivity index (χ2v) is 4.42. The summed E-state index contributed by atoms with van der Waals surface area (Å²) in [4.78, 5) is 36.5. The number of carbonyl (C=O) groups excluding carboxylic acids is 3. The van der Waals surface area contributed by atoms with E-state index in [1.807, 2.05) is 0 Å². The number of rotatable bonds is 3. The molecule has 0 aromatic carbocycles. The maximum absolute atomic E-state index is 12.2. The van der Waals surface area contributed by atoms with Crippen molar-refractivity contribution >= 4 is 17.9 Å². The standard InChI is InChI=1S/C11H17N3O4/c1-3-18-10(16)7-13-5-4-8-6-9(15)12(2)14(8)11(13)17/h8H,3-7H2,1-2H3. The van der Waals surface area contributed by atoms with Crippen molar-refractivity contribution in [2.24, 2.45) is 0 Å². The number of hydrogen-bond donors (Lipinski definition) is 0. The Labute approximate surface area is 105 Å². The van der Waals surface area contributed by atoms with E-state index in [0.717, 1.165) is 0 Å². The molecule has 2 rings (SSSR count). The number of amides is 3. The van der Waals surface area contributed by atoms with E-state index in [0.29, 0.717) is 26.0 Å². The smallest absolute Gasteiger partial charge is 0.339 e. The maximum Gasteiger partial charge on any atom is 0.339 e. The summed E-state index contributed by atoms with van der Waals surface area (Å²) in [6.07, 6.45) is 1.07. The number of carbonyl (C=O) groups is 3. The van der Waals surface area contributed by atoms with Crippen molar-refractivity contribution in [2.45, 2.75) is 25.8 Å². The molecule has 100 valence electrons. The molecular formula is C11H17N3O4. The number of nitrogens with zero attached hydrogens (tertiary/aromatic N) is 3. The van der Waals surface area contributed by atoms with Gasteiger partial charge < -0.3 is 9.64 Å². The molecule has 2 fully saturated rings. The van der Waals surface area contributed by atoms with E-state index in [-0.39, 0.29) is 24.5 Å². The Hall–Kier alpha value is -1.79. The maximum atomic E-state index is 12.2. The van der Waals surface area contributed by atoms with E-state index in [1.165, 1.54) is 14.9 Å². The molecule has 0 radical (unpaired) electrons. The molecule has 18 heavy (non-hydrogen) atoms. The quantitative estimate of drug-likeness (QED) is 0.656. The third-order valence-electron chi connectivity index (χ3n) is 3.26. The molecule has 0 aromatic heterocycles. The second-order valence-electron chi connectivity index (χ2n) is 4.42. The summed E-state index contributed by atoms with van der Waals surface area (Å²) < 4.78 is 4.82. The number of hydrazine groups is 1. The third-order valence-corrected chi connectivity index (χ3v) is 3.26. The molecule has 0 N–H and O–H groups in total. The van der Waals surface area contributed by atoms with Crippen LogP contribution in [0, 0.1) is 0 Å². The van der Waals surface area contributed by atoms with Crippen molar-refractivity contribution in [1.82, 2.24) is 14.9 Å². The van der Waals surface area contributed by atoms with Crippen LogP contribution in [-0.2, 0) is 14.3 Å². The summed E-state index contributed by atoms with van der Waals surface area (Å²) in [6, 6.07) is -0.360. The molecule has 1 unspecified atom stereocenters. The first-order valence-corrected chi connectivity index (χ1v) is 6.04. The molecule has 0 spiro atoms. The second kappa shape index (κ2) is 4.83. The van der Waals surface area contributed by atoms with E-state index in [2.05, 4.69) is 0 Å². The zero-order chi connectivity index (χ0) is 13.3. The molecule has 1 atom stereocenters. The van der Waals surface area contributed by atoms with Crippen molar-refractivity contribution in [3.05, 3.63) is 0 Å². The van der Waals surface area contributed by atoms with Crippen LogP contribution in [0.25, 0.3) is 0 Å². The molecule has 3 amide bonds. The first kappa shape index (κ1) is 12.7. The number of urea groups is 1. The Morgan fingerprint density at radius 3 is 2.83 bits per heavy atom. The molecule has 0 aromatic rings. The first-order chi connectivity index (χ1) is 8.54. The van der Waals surface area contributed by atoms with E-state index in [1.54, 1.807) is 14.0 Å². The van der Waals surface area contributed by atoms with Crippen molar-refractivity contribution in [3.8, 4) is 0 Å². The Morgan fingerprint density at radius 1 is 1.44 bits per heavy atom. The van der Waals surface area contributed by atoms with E-state index in [9.17, 15) is 14.4 Å². The van der Waals surface area contributed by atoms with Gasteiger partial charge >= 0.3 is 12.0 Å². The van der Waals surface area contributed by atoms with Gasteiger partial charge in [0.2, 0.25) is 5.91 Å². The SMILES string of the molecule is CCOC(=O)CN1CCC2CC(=O)N(C)N2C1=O. The van der Waals surface area contributed by atoms with Crippen LogP contribution in [0.1, 0.15) is 19.8 Å². The van der Waals surface area contributed by atoms with Crippen LogP contribution in [0.3, 0.4) is 0 Å². The zero-order valence-corrected chi connectivity index (χ0v) is 10.6. The van der Waals surface area contributed by atoms with Crippen LogP contribution in [0.5, 0.6) is 0 Å². The van der Waals surface area contributed by atoms with Gasteiger partial charge in [0.15, 0.2) is 0 Å². The predicted octanol–water partition coefficient (Wildman–Crippen LogP) is -0.177. The minimum absolute atomic E-state index is 0.0576. The lowest BCUT2D eigenvalue weighted by molar-refractivity contribution is -0.144. The number of hydrogen-bond acceptors (Lipinski definition) is 4.